The molecule has 0 fully saturated rings. The number of hydrogen-bond donors (Lipinski definition) is 3. The Morgan fingerprint density at radius 3 is 2.70 bits per heavy atom. The Morgan fingerprint density at radius 1 is 1.09 bits per heavy atom. The number of nitrogens with one attached hydrogen (secondary N) is 2. The molecule has 2 aromatic carbocycles. The van der Waals surface area contributed by atoms with E-state index in [1.165, 1.54) is 0 Å². The van der Waals surface area contributed by atoms with E-state index >= 15 is 0 Å². The maximum atomic E-state index is 12.8. The molecule has 0 bridgehead atoms. The molecule has 0 radical (unpaired) electrons. The van der Waals surface area contributed by atoms with Gasteiger partial charge in [-0.05, 0) is 29.3 Å². The standard InChI is InChI=1S/C25H25N3O4S/c1-28-15-22(18-8-5-9-19(12-18)32-16-17-6-3-2-4-7-17)23-21(24(28)29)13-20(33-23)14-26-10-11-27-25(30)31/h2-9,12-13,15,26-27H,10-11,14,16H2,1H3,(H,30,31). The number of aryl methyl sites for hydroxylation is 1. The highest BCUT2D eigenvalue weighted by Gasteiger charge is 2.14. The third-order valence-corrected chi connectivity index (χ3v) is 6.34. The van der Waals surface area contributed by atoms with Crippen LogP contribution in [0.25, 0.3) is 21.2 Å². The van der Waals surface area contributed by atoms with Crippen LogP contribution in [0.3, 0.4) is 0 Å². The summed E-state index contributed by atoms with van der Waals surface area (Å²) in [6, 6.07) is 19.8. The Hall–Kier alpha value is -3.62. The van der Waals surface area contributed by atoms with E-state index in [0.717, 1.165) is 32.0 Å². The van der Waals surface area contributed by atoms with Crippen LogP contribution in [0, 0.1) is 0 Å². The Balaban J connectivity index is 1.57. The van der Waals surface area contributed by atoms with Gasteiger partial charge in [-0.3, -0.25) is 4.79 Å². The van der Waals surface area contributed by atoms with Gasteiger partial charge in [-0.1, -0.05) is 42.5 Å². The lowest BCUT2D eigenvalue weighted by Crippen LogP contribution is -2.30. The summed E-state index contributed by atoms with van der Waals surface area (Å²) in [5.74, 6) is 0.766. The Bertz CT molecular complexity index is 1310. The molecule has 2 aromatic heterocycles. The molecule has 4 aromatic rings. The van der Waals surface area contributed by atoms with Crippen LogP contribution in [0.15, 0.2) is 71.7 Å². The molecule has 1 amide bonds. The summed E-state index contributed by atoms with van der Waals surface area (Å²) in [5, 5.41) is 14.9. The fourth-order valence-electron chi connectivity index (χ4n) is 3.56. The lowest BCUT2D eigenvalue weighted by Gasteiger charge is -2.10. The first-order valence-electron chi connectivity index (χ1n) is 10.6. The van der Waals surface area contributed by atoms with Crippen molar-refractivity contribution in [3.8, 4) is 16.9 Å². The van der Waals surface area contributed by atoms with Crippen molar-refractivity contribution in [1.29, 1.82) is 0 Å². The molecule has 170 valence electrons. The molecule has 0 aliphatic heterocycles. The van der Waals surface area contributed by atoms with Crippen LogP contribution in [0.5, 0.6) is 5.75 Å². The lowest BCUT2D eigenvalue weighted by atomic mass is 10.1. The summed E-state index contributed by atoms with van der Waals surface area (Å²) in [7, 11) is 1.76. The molecular weight excluding hydrogens is 438 g/mol. The van der Waals surface area contributed by atoms with E-state index in [9.17, 15) is 9.59 Å². The average molecular weight is 464 g/mol. The number of carbonyl (C=O) groups is 1. The highest BCUT2D eigenvalue weighted by molar-refractivity contribution is 7.19. The fourth-order valence-corrected chi connectivity index (χ4v) is 4.71. The molecule has 0 aliphatic carbocycles. The molecule has 4 rings (SSSR count). The van der Waals surface area contributed by atoms with E-state index in [0.29, 0.717) is 31.6 Å². The molecule has 2 heterocycles. The number of rotatable bonds is 9. The summed E-state index contributed by atoms with van der Waals surface area (Å²) in [6.07, 6.45) is 0.827. The minimum atomic E-state index is -1.04. The maximum Gasteiger partial charge on any atom is 0.404 e. The number of amides is 1. The quantitative estimate of drug-likeness (QED) is 0.324. The van der Waals surface area contributed by atoms with Crippen molar-refractivity contribution >= 4 is 27.5 Å². The Kier molecular flexibility index (Phi) is 7.07. The second-order valence-corrected chi connectivity index (χ2v) is 8.76. The van der Waals surface area contributed by atoms with Gasteiger partial charge in [0.1, 0.15) is 12.4 Å². The summed E-state index contributed by atoms with van der Waals surface area (Å²) in [4.78, 5) is 24.3. The van der Waals surface area contributed by atoms with Crippen molar-refractivity contribution in [2.45, 2.75) is 13.2 Å². The van der Waals surface area contributed by atoms with E-state index in [4.69, 9.17) is 9.84 Å². The van der Waals surface area contributed by atoms with Crippen LogP contribution in [-0.2, 0) is 20.2 Å². The van der Waals surface area contributed by atoms with Crippen LogP contribution in [0.4, 0.5) is 4.79 Å². The van der Waals surface area contributed by atoms with Crippen LogP contribution >= 0.6 is 11.3 Å². The second kappa shape index (κ2) is 10.3. The van der Waals surface area contributed by atoms with Gasteiger partial charge in [-0.25, -0.2) is 4.79 Å². The summed E-state index contributed by atoms with van der Waals surface area (Å²) < 4.78 is 8.53. The predicted molar refractivity (Wildman–Crippen MR) is 131 cm³/mol. The van der Waals surface area contributed by atoms with Gasteiger partial charge in [0.2, 0.25) is 0 Å². The first kappa shape index (κ1) is 22.6. The average Bonchev–Trinajstić information content (AvgIpc) is 3.25. The van der Waals surface area contributed by atoms with E-state index < -0.39 is 6.09 Å². The van der Waals surface area contributed by atoms with Crippen molar-refractivity contribution in [1.82, 2.24) is 15.2 Å². The summed E-state index contributed by atoms with van der Waals surface area (Å²) in [6.45, 7) is 1.87. The number of ether oxygens (including phenoxy) is 1. The van der Waals surface area contributed by atoms with Gasteiger partial charge >= 0.3 is 6.09 Å². The van der Waals surface area contributed by atoms with Crippen molar-refractivity contribution in [2.24, 2.45) is 7.05 Å². The third-order valence-electron chi connectivity index (χ3n) is 5.17. The van der Waals surface area contributed by atoms with E-state index in [2.05, 4.69) is 10.6 Å². The minimum absolute atomic E-state index is 0.0414. The van der Waals surface area contributed by atoms with E-state index in [-0.39, 0.29) is 5.56 Å². The third kappa shape index (κ3) is 5.60. The van der Waals surface area contributed by atoms with Crippen LogP contribution < -0.4 is 20.9 Å². The topological polar surface area (TPSA) is 92.6 Å². The molecule has 3 N–H and O–H groups in total. The van der Waals surface area contributed by atoms with Crippen molar-refractivity contribution in [3.05, 3.63) is 87.7 Å². The first-order chi connectivity index (χ1) is 16.0. The fraction of sp³-hybridized carbons (Fsp3) is 0.200. The smallest absolute Gasteiger partial charge is 0.404 e. The molecule has 0 saturated heterocycles. The maximum absolute atomic E-state index is 12.8. The number of aromatic nitrogens is 1. The molecule has 0 saturated carbocycles. The second-order valence-electron chi connectivity index (χ2n) is 7.63. The van der Waals surface area contributed by atoms with Gasteiger partial charge in [0.25, 0.3) is 5.56 Å². The van der Waals surface area contributed by atoms with Crippen molar-refractivity contribution in [2.75, 3.05) is 13.1 Å². The molecular formula is C25H25N3O4S. The zero-order valence-corrected chi connectivity index (χ0v) is 19.0. The van der Waals surface area contributed by atoms with Gasteiger partial charge in [0.15, 0.2) is 0 Å². The lowest BCUT2D eigenvalue weighted by molar-refractivity contribution is 0.194. The molecule has 0 spiro atoms. The van der Waals surface area contributed by atoms with Crippen molar-refractivity contribution in [3.63, 3.8) is 0 Å². The predicted octanol–water partition coefficient (Wildman–Crippen LogP) is 4.20. The minimum Gasteiger partial charge on any atom is -0.489 e. The van der Waals surface area contributed by atoms with Gasteiger partial charge in [-0.15, -0.1) is 11.3 Å². The van der Waals surface area contributed by atoms with E-state index in [1.807, 2.05) is 66.9 Å². The molecule has 33 heavy (non-hydrogen) atoms. The molecule has 0 unspecified atom stereocenters. The Morgan fingerprint density at radius 2 is 1.91 bits per heavy atom. The monoisotopic (exact) mass is 463 g/mol. The van der Waals surface area contributed by atoms with Gasteiger partial charge < -0.3 is 25.0 Å². The zero-order chi connectivity index (χ0) is 23.2. The van der Waals surface area contributed by atoms with Gasteiger partial charge in [-0.2, -0.15) is 0 Å². The van der Waals surface area contributed by atoms with Gasteiger partial charge in [0.05, 0.1) is 5.39 Å². The normalized spacial score (nSPS) is 10.9. The zero-order valence-electron chi connectivity index (χ0n) is 18.2. The van der Waals surface area contributed by atoms with Crippen molar-refractivity contribution < 1.29 is 14.6 Å². The summed E-state index contributed by atoms with van der Waals surface area (Å²) >= 11 is 1.57. The molecule has 0 aliphatic rings. The van der Waals surface area contributed by atoms with Crippen LogP contribution in [-0.4, -0.2) is 28.9 Å². The van der Waals surface area contributed by atoms with Crippen LogP contribution in [0.2, 0.25) is 0 Å². The van der Waals surface area contributed by atoms with E-state index in [1.54, 1.807) is 23.0 Å². The van der Waals surface area contributed by atoms with Gasteiger partial charge in [0, 0.05) is 48.0 Å². The number of fused-ring (bicyclic) bond motifs is 1. The highest BCUT2D eigenvalue weighted by Crippen LogP contribution is 2.34. The largest absolute Gasteiger partial charge is 0.489 e. The molecule has 7 nitrogen and oxygen atoms in total. The number of carboxylic acid groups (broad SMARTS) is 1. The number of thiophene rings is 1. The SMILES string of the molecule is Cn1cc(-c2cccc(OCc3ccccc3)c2)c2sc(CNCCNC(=O)O)cc2c1=O. The summed E-state index contributed by atoms with van der Waals surface area (Å²) in [5.41, 5.74) is 3.01. The number of hydrogen-bond acceptors (Lipinski definition) is 5. The Labute approximate surface area is 195 Å². The number of pyridine rings is 1. The molecule has 8 heteroatoms. The van der Waals surface area contributed by atoms with Crippen LogP contribution in [0.1, 0.15) is 10.4 Å². The first-order valence-corrected chi connectivity index (χ1v) is 11.4. The highest BCUT2D eigenvalue weighted by atomic mass is 32.1. The number of nitrogens with zero attached hydrogens (tertiary/aromatic N) is 1. The number of benzene rings is 2. The molecule has 0 atom stereocenters.